The molecule has 3 heteroatoms. The summed E-state index contributed by atoms with van der Waals surface area (Å²) in [4.78, 5) is 0. The largest absolute Gasteiger partial charge is 0.456 e. The Bertz CT molecular complexity index is 2390. The Morgan fingerprint density at radius 1 is 0.513 bits per heavy atom. The standard InChI is InChI=1S/C36H21NOS/c1-2-10-26(11-3-1)37-31-13-7-6-12-28(31)36-35(37)30-19-24(15-17-34(30)39-36)25-14-16-27-29-18-22-8-4-5-9-23(22)20-33(29)38-32(27)21-25/h1-21H. The molecule has 0 N–H and O–H groups in total. The summed E-state index contributed by atoms with van der Waals surface area (Å²) in [5, 5.41) is 7.33. The van der Waals surface area contributed by atoms with Gasteiger partial charge in [-0.2, -0.15) is 0 Å². The van der Waals surface area contributed by atoms with E-state index in [0.29, 0.717) is 0 Å². The SMILES string of the molecule is c1ccc(-n2c3ccccc3c3sc4ccc(-c5ccc6c(c5)oc5cc7ccccc7cc56)cc4c32)cc1. The molecule has 3 heterocycles. The van der Waals surface area contributed by atoms with Gasteiger partial charge in [0.05, 0.1) is 15.7 Å². The lowest BCUT2D eigenvalue weighted by molar-refractivity contribution is 0.669. The molecule has 9 rings (SSSR count). The number of hydrogen-bond donors (Lipinski definition) is 0. The lowest BCUT2D eigenvalue weighted by atomic mass is 10.0. The molecule has 0 atom stereocenters. The summed E-state index contributed by atoms with van der Waals surface area (Å²) in [5.41, 5.74) is 7.92. The van der Waals surface area contributed by atoms with E-state index in [1.807, 2.05) is 11.3 Å². The van der Waals surface area contributed by atoms with Crippen LogP contribution in [0, 0.1) is 0 Å². The topological polar surface area (TPSA) is 18.1 Å². The Balaban J connectivity index is 1.28. The first-order valence-corrected chi connectivity index (χ1v) is 14.0. The highest BCUT2D eigenvalue weighted by Crippen LogP contribution is 2.44. The van der Waals surface area contributed by atoms with Crippen molar-refractivity contribution < 1.29 is 4.42 Å². The number of fused-ring (bicyclic) bond motifs is 9. The van der Waals surface area contributed by atoms with Crippen molar-refractivity contribution in [3.63, 3.8) is 0 Å². The average Bonchev–Trinajstić information content (AvgIpc) is 3.64. The Kier molecular flexibility index (Phi) is 4.24. The van der Waals surface area contributed by atoms with Crippen LogP contribution in [0.1, 0.15) is 0 Å². The van der Waals surface area contributed by atoms with E-state index in [-0.39, 0.29) is 0 Å². The molecule has 0 radical (unpaired) electrons. The molecule has 2 nitrogen and oxygen atoms in total. The second kappa shape index (κ2) is 7.83. The van der Waals surface area contributed by atoms with Gasteiger partial charge >= 0.3 is 0 Å². The van der Waals surface area contributed by atoms with Gasteiger partial charge in [0.15, 0.2) is 0 Å². The van der Waals surface area contributed by atoms with E-state index in [2.05, 4.69) is 132 Å². The second-order valence-electron chi connectivity index (χ2n) is 10.2. The van der Waals surface area contributed by atoms with E-state index in [1.165, 1.54) is 53.2 Å². The van der Waals surface area contributed by atoms with Gasteiger partial charge in [0.2, 0.25) is 0 Å². The van der Waals surface area contributed by atoms with Crippen LogP contribution in [0.4, 0.5) is 0 Å². The summed E-state index contributed by atoms with van der Waals surface area (Å²) in [6, 6.07) is 45.8. The zero-order chi connectivity index (χ0) is 25.5. The highest BCUT2D eigenvalue weighted by atomic mass is 32.1. The maximum absolute atomic E-state index is 6.38. The molecular formula is C36H21NOS. The lowest BCUT2D eigenvalue weighted by Gasteiger charge is -2.08. The fourth-order valence-corrected chi connectivity index (χ4v) is 7.34. The van der Waals surface area contributed by atoms with E-state index in [0.717, 1.165) is 27.5 Å². The van der Waals surface area contributed by atoms with Crippen molar-refractivity contribution >= 4 is 75.3 Å². The summed E-state index contributed by atoms with van der Waals surface area (Å²) in [7, 11) is 0. The van der Waals surface area contributed by atoms with Crippen molar-refractivity contribution in [3.05, 3.63) is 127 Å². The first-order valence-electron chi connectivity index (χ1n) is 13.2. The Hall–Kier alpha value is -4.86. The quantitative estimate of drug-likeness (QED) is 0.224. The molecule has 39 heavy (non-hydrogen) atoms. The summed E-state index contributed by atoms with van der Waals surface area (Å²) >= 11 is 1.88. The third-order valence-electron chi connectivity index (χ3n) is 7.96. The molecule has 0 saturated heterocycles. The van der Waals surface area contributed by atoms with Crippen LogP contribution < -0.4 is 0 Å². The van der Waals surface area contributed by atoms with E-state index < -0.39 is 0 Å². The Morgan fingerprint density at radius 2 is 1.23 bits per heavy atom. The Labute approximate surface area is 227 Å². The number of aromatic nitrogens is 1. The highest BCUT2D eigenvalue weighted by molar-refractivity contribution is 7.26. The number of para-hydroxylation sites is 2. The maximum Gasteiger partial charge on any atom is 0.136 e. The molecule has 0 unspecified atom stereocenters. The monoisotopic (exact) mass is 515 g/mol. The second-order valence-corrected chi connectivity index (χ2v) is 11.2. The van der Waals surface area contributed by atoms with E-state index in [9.17, 15) is 0 Å². The fourth-order valence-electron chi connectivity index (χ4n) is 6.14. The predicted molar refractivity (Wildman–Crippen MR) is 166 cm³/mol. The van der Waals surface area contributed by atoms with Crippen LogP contribution in [-0.2, 0) is 0 Å². The van der Waals surface area contributed by atoms with Crippen LogP contribution in [0.25, 0.3) is 80.7 Å². The van der Waals surface area contributed by atoms with Gasteiger partial charge in [-0.05, 0) is 76.5 Å². The maximum atomic E-state index is 6.38. The van der Waals surface area contributed by atoms with Crippen LogP contribution in [0.2, 0.25) is 0 Å². The lowest BCUT2D eigenvalue weighted by Crippen LogP contribution is -1.92. The van der Waals surface area contributed by atoms with E-state index >= 15 is 0 Å². The predicted octanol–water partition coefficient (Wildman–Crippen LogP) is 10.7. The van der Waals surface area contributed by atoms with Gasteiger partial charge in [-0.1, -0.05) is 72.8 Å². The number of benzene rings is 6. The van der Waals surface area contributed by atoms with E-state index in [4.69, 9.17) is 4.42 Å². The normalized spacial score (nSPS) is 12.1. The van der Waals surface area contributed by atoms with Crippen molar-refractivity contribution in [2.75, 3.05) is 0 Å². The number of nitrogens with zero attached hydrogens (tertiary/aromatic N) is 1. The first kappa shape index (κ1) is 21.1. The number of rotatable bonds is 2. The molecule has 0 amide bonds. The molecule has 0 aliphatic heterocycles. The third kappa shape index (κ3) is 3.02. The van der Waals surface area contributed by atoms with Crippen LogP contribution in [0.15, 0.2) is 132 Å². The number of hydrogen-bond acceptors (Lipinski definition) is 2. The summed E-state index contributed by atoms with van der Waals surface area (Å²) < 4.78 is 11.4. The van der Waals surface area contributed by atoms with Crippen LogP contribution in [0.3, 0.4) is 0 Å². The Morgan fingerprint density at radius 3 is 2.13 bits per heavy atom. The summed E-state index contributed by atoms with van der Waals surface area (Å²) in [6.45, 7) is 0. The minimum absolute atomic E-state index is 0.923. The molecule has 9 aromatic rings. The third-order valence-corrected chi connectivity index (χ3v) is 9.16. The van der Waals surface area contributed by atoms with Crippen molar-refractivity contribution in [1.82, 2.24) is 4.57 Å². The average molecular weight is 516 g/mol. The van der Waals surface area contributed by atoms with Gasteiger partial charge in [0, 0.05) is 31.9 Å². The molecule has 0 aliphatic carbocycles. The zero-order valence-corrected chi connectivity index (χ0v) is 21.7. The molecule has 0 bridgehead atoms. The van der Waals surface area contributed by atoms with Crippen LogP contribution >= 0.6 is 11.3 Å². The van der Waals surface area contributed by atoms with Crippen molar-refractivity contribution in [2.45, 2.75) is 0 Å². The summed E-state index contributed by atoms with van der Waals surface area (Å²) in [6.07, 6.45) is 0. The van der Waals surface area contributed by atoms with Gasteiger partial charge in [0.1, 0.15) is 11.2 Å². The number of furan rings is 1. The van der Waals surface area contributed by atoms with Crippen LogP contribution in [0.5, 0.6) is 0 Å². The fraction of sp³-hybridized carbons (Fsp3) is 0. The molecule has 3 aromatic heterocycles. The molecule has 0 saturated carbocycles. The highest BCUT2D eigenvalue weighted by Gasteiger charge is 2.18. The van der Waals surface area contributed by atoms with Gasteiger partial charge in [-0.15, -0.1) is 11.3 Å². The zero-order valence-electron chi connectivity index (χ0n) is 20.9. The van der Waals surface area contributed by atoms with Gasteiger partial charge < -0.3 is 8.98 Å². The molecule has 0 spiro atoms. The van der Waals surface area contributed by atoms with Crippen molar-refractivity contribution in [3.8, 4) is 16.8 Å². The van der Waals surface area contributed by atoms with Crippen molar-refractivity contribution in [1.29, 1.82) is 0 Å². The molecule has 182 valence electrons. The van der Waals surface area contributed by atoms with Crippen LogP contribution in [-0.4, -0.2) is 4.57 Å². The van der Waals surface area contributed by atoms with Crippen molar-refractivity contribution in [2.24, 2.45) is 0 Å². The molecule has 0 aliphatic rings. The molecular weight excluding hydrogens is 494 g/mol. The minimum Gasteiger partial charge on any atom is -0.456 e. The minimum atomic E-state index is 0.923. The van der Waals surface area contributed by atoms with Gasteiger partial charge in [0.25, 0.3) is 0 Å². The molecule has 6 aromatic carbocycles. The number of thiophene rings is 1. The summed E-state index contributed by atoms with van der Waals surface area (Å²) in [5.74, 6) is 0. The first-order chi connectivity index (χ1) is 19.3. The van der Waals surface area contributed by atoms with Gasteiger partial charge in [-0.25, -0.2) is 0 Å². The molecule has 0 fully saturated rings. The smallest absolute Gasteiger partial charge is 0.136 e. The van der Waals surface area contributed by atoms with E-state index in [1.54, 1.807) is 0 Å². The van der Waals surface area contributed by atoms with Gasteiger partial charge in [-0.3, -0.25) is 0 Å².